The summed E-state index contributed by atoms with van der Waals surface area (Å²) in [5, 5.41) is 5.93. The van der Waals surface area contributed by atoms with Crippen molar-refractivity contribution in [3.05, 3.63) is 67.1 Å². The van der Waals surface area contributed by atoms with Crippen molar-refractivity contribution < 1.29 is 14.3 Å². The summed E-state index contributed by atoms with van der Waals surface area (Å²) in [4.78, 5) is 33.6. The minimum Gasteiger partial charge on any atom is -0.461 e. The van der Waals surface area contributed by atoms with Gasteiger partial charge in [0.1, 0.15) is 18.2 Å². The van der Waals surface area contributed by atoms with E-state index in [0.717, 1.165) is 44.1 Å². The second-order valence-electron chi connectivity index (χ2n) is 9.71. The monoisotopic (exact) mass is 476 g/mol. The van der Waals surface area contributed by atoms with Crippen molar-refractivity contribution in [1.82, 2.24) is 15.3 Å². The maximum atomic E-state index is 13.7. The van der Waals surface area contributed by atoms with Crippen molar-refractivity contribution >= 4 is 17.7 Å². The van der Waals surface area contributed by atoms with Gasteiger partial charge in [-0.3, -0.25) is 9.59 Å². The van der Waals surface area contributed by atoms with E-state index >= 15 is 0 Å². The summed E-state index contributed by atoms with van der Waals surface area (Å²) < 4.78 is 6.23. The van der Waals surface area contributed by atoms with Crippen molar-refractivity contribution in [3.8, 4) is 0 Å². The van der Waals surface area contributed by atoms with E-state index in [4.69, 9.17) is 4.74 Å². The Bertz CT molecular complexity index is 974. The molecule has 1 amide bonds. The zero-order chi connectivity index (χ0) is 24.5. The fraction of sp³-hybridized carbons (Fsp3) is 0.500. The minimum absolute atomic E-state index is 0.0692. The van der Waals surface area contributed by atoms with E-state index in [-0.39, 0.29) is 30.4 Å². The summed E-state index contributed by atoms with van der Waals surface area (Å²) in [6.07, 6.45) is 12.6. The van der Waals surface area contributed by atoms with E-state index in [1.807, 2.05) is 24.3 Å². The quantitative estimate of drug-likeness (QED) is 0.228. The van der Waals surface area contributed by atoms with E-state index in [9.17, 15) is 9.59 Å². The van der Waals surface area contributed by atoms with E-state index in [0.29, 0.717) is 18.3 Å². The van der Waals surface area contributed by atoms with Crippen molar-refractivity contribution in [2.45, 2.75) is 62.9 Å². The molecule has 4 rings (SSSR count). The van der Waals surface area contributed by atoms with Gasteiger partial charge < -0.3 is 15.4 Å². The fourth-order valence-electron chi connectivity index (χ4n) is 5.48. The van der Waals surface area contributed by atoms with Gasteiger partial charge in [-0.25, -0.2) is 9.97 Å². The predicted molar refractivity (Wildman–Crippen MR) is 136 cm³/mol. The number of anilines is 1. The molecule has 2 aliphatic rings. The van der Waals surface area contributed by atoms with Crippen molar-refractivity contribution in [2.24, 2.45) is 11.8 Å². The standard InChI is InChI=1S/C28H36N4O3/c1-2-21-18-24(23(21)12-16-29-19-26(33)32-25-13-17-30-20-31-25)35-27(34)28(14-8-3-4-9-15-28)22-10-6-5-7-11-22/h2,5-7,10-11,13,17,20-21,23-24,29H,1,3-4,8-9,12,14-16,18-19H2,(H,30,31,32,33)/t21?,23?,24-/m0/s1. The summed E-state index contributed by atoms with van der Waals surface area (Å²) in [7, 11) is 0. The van der Waals surface area contributed by atoms with Crippen LogP contribution >= 0.6 is 0 Å². The van der Waals surface area contributed by atoms with Gasteiger partial charge in [0.2, 0.25) is 5.91 Å². The molecule has 186 valence electrons. The van der Waals surface area contributed by atoms with E-state index in [2.05, 4.69) is 39.3 Å². The van der Waals surface area contributed by atoms with Gasteiger partial charge in [-0.1, -0.05) is 62.1 Å². The molecular weight excluding hydrogens is 440 g/mol. The molecule has 7 heteroatoms. The molecule has 2 N–H and O–H groups in total. The number of carbonyl (C=O) groups excluding carboxylic acids is 2. The molecule has 2 saturated carbocycles. The zero-order valence-electron chi connectivity index (χ0n) is 20.3. The van der Waals surface area contributed by atoms with Gasteiger partial charge in [-0.05, 0) is 49.8 Å². The first-order chi connectivity index (χ1) is 17.1. The molecule has 2 unspecified atom stereocenters. The van der Waals surface area contributed by atoms with Gasteiger partial charge in [0, 0.05) is 12.1 Å². The molecule has 7 nitrogen and oxygen atoms in total. The number of rotatable bonds is 10. The smallest absolute Gasteiger partial charge is 0.316 e. The molecule has 35 heavy (non-hydrogen) atoms. The topological polar surface area (TPSA) is 93.2 Å². The lowest BCUT2D eigenvalue weighted by Gasteiger charge is -2.44. The molecule has 2 fully saturated rings. The highest BCUT2D eigenvalue weighted by Crippen LogP contribution is 2.44. The van der Waals surface area contributed by atoms with Crippen LogP contribution in [0.1, 0.15) is 56.9 Å². The SMILES string of the molecule is C=CC1C[C@H](OC(=O)C2(c3ccccc3)CCCCCC2)C1CCNCC(=O)Nc1ccncn1. The van der Waals surface area contributed by atoms with Gasteiger partial charge in [-0.15, -0.1) is 6.58 Å². The average molecular weight is 477 g/mol. The van der Waals surface area contributed by atoms with Gasteiger partial charge in [0.15, 0.2) is 0 Å². The molecule has 2 aliphatic carbocycles. The summed E-state index contributed by atoms with van der Waals surface area (Å²) in [6.45, 7) is 4.82. The highest BCUT2D eigenvalue weighted by molar-refractivity contribution is 5.91. The van der Waals surface area contributed by atoms with E-state index in [1.54, 1.807) is 12.3 Å². The Morgan fingerprint density at radius 1 is 1.11 bits per heavy atom. The molecule has 1 aromatic carbocycles. The summed E-state index contributed by atoms with van der Waals surface area (Å²) >= 11 is 0. The average Bonchev–Trinajstić information content (AvgIpc) is 3.14. The first kappa shape index (κ1) is 25.0. The number of benzene rings is 1. The summed E-state index contributed by atoms with van der Waals surface area (Å²) in [5.74, 6) is 0.799. The Labute approximate surface area is 207 Å². The normalized spacial score (nSPS) is 23.4. The van der Waals surface area contributed by atoms with Gasteiger partial charge in [-0.2, -0.15) is 0 Å². The van der Waals surface area contributed by atoms with Crippen LogP contribution in [0.2, 0.25) is 0 Å². The van der Waals surface area contributed by atoms with E-state index < -0.39 is 5.41 Å². The molecule has 0 saturated heterocycles. The van der Waals surface area contributed by atoms with Crippen LogP contribution in [0.15, 0.2) is 61.6 Å². The molecule has 3 atom stereocenters. The van der Waals surface area contributed by atoms with Crippen LogP contribution in [-0.2, 0) is 19.7 Å². The van der Waals surface area contributed by atoms with Crippen LogP contribution in [0.25, 0.3) is 0 Å². The molecule has 1 heterocycles. The number of aromatic nitrogens is 2. The second kappa shape index (κ2) is 12.1. The Morgan fingerprint density at radius 3 is 2.57 bits per heavy atom. The molecule has 0 radical (unpaired) electrons. The van der Waals surface area contributed by atoms with E-state index in [1.165, 1.54) is 19.2 Å². The van der Waals surface area contributed by atoms with Crippen molar-refractivity contribution in [2.75, 3.05) is 18.4 Å². The van der Waals surface area contributed by atoms with Crippen molar-refractivity contribution in [1.29, 1.82) is 0 Å². The molecule has 1 aromatic heterocycles. The van der Waals surface area contributed by atoms with Gasteiger partial charge in [0.25, 0.3) is 0 Å². The lowest BCUT2D eigenvalue weighted by atomic mass is 9.68. The van der Waals surface area contributed by atoms with Crippen LogP contribution in [-0.4, -0.2) is 41.0 Å². The third kappa shape index (κ3) is 6.14. The summed E-state index contributed by atoms with van der Waals surface area (Å²) in [6, 6.07) is 11.8. The number of hydrogen-bond donors (Lipinski definition) is 2. The molecule has 0 spiro atoms. The lowest BCUT2D eigenvalue weighted by molar-refractivity contribution is -0.169. The highest BCUT2D eigenvalue weighted by atomic mass is 16.5. The van der Waals surface area contributed by atoms with Crippen LogP contribution in [0, 0.1) is 11.8 Å². The Hall–Kier alpha value is -3.06. The third-order valence-electron chi connectivity index (χ3n) is 7.56. The fourth-order valence-corrected chi connectivity index (χ4v) is 5.48. The number of allylic oxidation sites excluding steroid dienone is 1. The Morgan fingerprint density at radius 2 is 1.89 bits per heavy atom. The molecule has 0 aliphatic heterocycles. The summed E-state index contributed by atoms with van der Waals surface area (Å²) in [5.41, 5.74) is 0.540. The lowest BCUT2D eigenvalue weighted by Crippen LogP contribution is -2.48. The number of ether oxygens (including phenoxy) is 1. The largest absolute Gasteiger partial charge is 0.461 e. The van der Waals surface area contributed by atoms with Crippen LogP contribution in [0.5, 0.6) is 0 Å². The Kier molecular flexibility index (Phi) is 8.64. The Balaban J connectivity index is 1.32. The second-order valence-corrected chi connectivity index (χ2v) is 9.71. The molecule has 2 aromatic rings. The maximum Gasteiger partial charge on any atom is 0.316 e. The van der Waals surface area contributed by atoms with Gasteiger partial charge in [0.05, 0.1) is 12.0 Å². The maximum absolute atomic E-state index is 13.7. The van der Waals surface area contributed by atoms with Crippen molar-refractivity contribution in [3.63, 3.8) is 0 Å². The number of carbonyl (C=O) groups is 2. The highest BCUT2D eigenvalue weighted by Gasteiger charge is 2.47. The number of nitrogens with zero attached hydrogens (tertiary/aromatic N) is 2. The zero-order valence-corrected chi connectivity index (χ0v) is 20.3. The van der Waals surface area contributed by atoms with Crippen LogP contribution in [0.3, 0.4) is 0 Å². The third-order valence-corrected chi connectivity index (χ3v) is 7.56. The van der Waals surface area contributed by atoms with Gasteiger partial charge >= 0.3 is 5.97 Å². The number of esters is 1. The van der Waals surface area contributed by atoms with Crippen LogP contribution < -0.4 is 10.6 Å². The molecule has 0 bridgehead atoms. The number of hydrogen-bond acceptors (Lipinski definition) is 6. The first-order valence-corrected chi connectivity index (χ1v) is 12.8. The number of amides is 1. The molecular formula is C28H36N4O3. The van der Waals surface area contributed by atoms with Crippen LogP contribution in [0.4, 0.5) is 5.82 Å². The minimum atomic E-state index is -0.543. The predicted octanol–water partition coefficient (Wildman–Crippen LogP) is 4.42. The number of nitrogens with one attached hydrogen (secondary N) is 2. The first-order valence-electron chi connectivity index (χ1n) is 12.8.